The van der Waals surface area contributed by atoms with Crippen molar-refractivity contribution in [1.29, 1.82) is 0 Å². The Labute approximate surface area is 167 Å². The highest BCUT2D eigenvalue weighted by Crippen LogP contribution is 2.40. The van der Waals surface area contributed by atoms with E-state index in [0.717, 1.165) is 22.2 Å². The van der Waals surface area contributed by atoms with Crippen LogP contribution in [0.25, 0.3) is 0 Å². The van der Waals surface area contributed by atoms with Crippen LogP contribution in [0.15, 0.2) is 42.1 Å². The van der Waals surface area contributed by atoms with Crippen LogP contribution in [0.3, 0.4) is 0 Å². The molecule has 0 unspecified atom stereocenters. The van der Waals surface area contributed by atoms with Crippen molar-refractivity contribution in [3.63, 3.8) is 0 Å². The van der Waals surface area contributed by atoms with Crippen LogP contribution in [0.1, 0.15) is 36.0 Å². The zero-order chi connectivity index (χ0) is 19.5. The number of nitrogen functional groups attached to an aromatic ring is 1. The summed E-state index contributed by atoms with van der Waals surface area (Å²) >= 11 is 1.54. The molecular formula is C19H22N8S. The van der Waals surface area contributed by atoms with Gasteiger partial charge in [-0.25, -0.2) is 0 Å². The molecule has 0 radical (unpaired) electrons. The van der Waals surface area contributed by atoms with E-state index in [0.29, 0.717) is 30.0 Å². The van der Waals surface area contributed by atoms with E-state index in [1.807, 2.05) is 37.3 Å². The second-order valence-corrected chi connectivity index (χ2v) is 7.62. The third-order valence-corrected chi connectivity index (χ3v) is 5.38. The van der Waals surface area contributed by atoms with Crippen LogP contribution in [-0.4, -0.2) is 29.7 Å². The topological polar surface area (TPSA) is 107 Å². The number of nitrogens with one attached hydrogen (secondary N) is 1. The molecule has 1 aliphatic rings. The Morgan fingerprint density at radius 3 is 2.82 bits per heavy atom. The number of hydrogen-bond donors (Lipinski definition) is 2. The Morgan fingerprint density at radius 2 is 2.07 bits per heavy atom. The van der Waals surface area contributed by atoms with Gasteiger partial charge in [0.05, 0.1) is 5.75 Å². The molecule has 0 spiro atoms. The fourth-order valence-electron chi connectivity index (χ4n) is 2.87. The lowest BCUT2D eigenvalue weighted by Crippen LogP contribution is -2.07. The van der Waals surface area contributed by atoms with Gasteiger partial charge in [-0.1, -0.05) is 36.0 Å². The highest BCUT2D eigenvalue weighted by Gasteiger charge is 2.30. The summed E-state index contributed by atoms with van der Waals surface area (Å²) in [6.07, 6.45) is 4.22. The maximum absolute atomic E-state index is 5.89. The number of hydrogen-bond acceptors (Lipinski definition) is 8. The Morgan fingerprint density at radius 1 is 1.25 bits per heavy atom. The molecule has 0 bridgehead atoms. The molecule has 1 aliphatic carbocycles. The van der Waals surface area contributed by atoms with E-state index in [1.165, 1.54) is 24.6 Å². The molecule has 1 fully saturated rings. The number of para-hydroxylation sites is 1. The van der Waals surface area contributed by atoms with Crippen LogP contribution in [0.2, 0.25) is 0 Å². The van der Waals surface area contributed by atoms with Crippen molar-refractivity contribution in [2.24, 2.45) is 0 Å². The van der Waals surface area contributed by atoms with Crippen LogP contribution in [0.4, 0.5) is 17.6 Å². The van der Waals surface area contributed by atoms with E-state index >= 15 is 0 Å². The van der Waals surface area contributed by atoms with E-state index < -0.39 is 0 Å². The summed E-state index contributed by atoms with van der Waals surface area (Å²) in [5.41, 5.74) is 7.93. The third kappa shape index (κ3) is 4.14. The standard InChI is InChI=1S/C19H22N8S/c1-3-10-27-16(13-8-9-13)25-26-19(27)28-11-15-22-17(20)24-18(23-15)21-14-7-5-4-6-12(14)2/h3-7,13H,1,8-11H2,2H3,(H3,20,21,22,23,24). The van der Waals surface area contributed by atoms with E-state index in [4.69, 9.17) is 5.73 Å². The molecule has 3 N–H and O–H groups in total. The van der Waals surface area contributed by atoms with Gasteiger partial charge in [0, 0.05) is 18.2 Å². The molecule has 0 aliphatic heterocycles. The van der Waals surface area contributed by atoms with Crippen molar-refractivity contribution in [2.45, 2.75) is 43.1 Å². The van der Waals surface area contributed by atoms with Crippen LogP contribution in [0.5, 0.6) is 0 Å². The molecule has 0 amide bonds. The summed E-state index contributed by atoms with van der Waals surface area (Å²) in [6.45, 7) is 6.56. The number of thioether (sulfide) groups is 1. The van der Waals surface area contributed by atoms with E-state index in [-0.39, 0.29) is 5.95 Å². The molecule has 1 aromatic carbocycles. The SMILES string of the molecule is C=CCn1c(SCc2nc(N)nc(Nc3ccccc3C)n2)nnc1C1CC1. The van der Waals surface area contributed by atoms with Crippen LogP contribution in [-0.2, 0) is 12.3 Å². The average Bonchev–Trinajstić information content (AvgIpc) is 3.44. The lowest BCUT2D eigenvalue weighted by molar-refractivity contribution is 0.681. The van der Waals surface area contributed by atoms with Crippen molar-refractivity contribution in [2.75, 3.05) is 11.1 Å². The van der Waals surface area contributed by atoms with Gasteiger partial charge >= 0.3 is 0 Å². The third-order valence-electron chi connectivity index (χ3n) is 4.42. The molecule has 3 aromatic rings. The number of benzene rings is 1. The minimum Gasteiger partial charge on any atom is -0.368 e. The van der Waals surface area contributed by atoms with Crippen molar-refractivity contribution < 1.29 is 0 Å². The summed E-state index contributed by atoms with van der Waals surface area (Å²) in [7, 11) is 0. The zero-order valence-electron chi connectivity index (χ0n) is 15.7. The highest BCUT2D eigenvalue weighted by atomic mass is 32.2. The van der Waals surface area contributed by atoms with Crippen LogP contribution < -0.4 is 11.1 Å². The summed E-state index contributed by atoms with van der Waals surface area (Å²) in [5, 5.41) is 12.8. The number of aromatic nitrogens is 6. The van der Waals surface area contributed by atoms with Gasteiger partial charge in [-0.2, -0.15) is 15.0 Å². The van der Waals surface area contributed by atoms with Gasteiger partial charge in [0.1, 0.15) is 11.6 Å². The minimum atomic E-state index is 0.188. The smallest absolute Gasteiger partial charge is 0.232 e. The first-order valence-corrected chi connectivity index (χ1v) is 10.1. The van der Waals surface area contributed by atoms with Gasteiger partial charge < -0.3 is 15.6 Å². The average molecular weight is 395 g/mol. The minimum absolute atomic E-state index is 0.188. The second-order valence-electron chi connectivity index (χ2n) is 6.68. The van der Waals surface area contributed by atoms with Gasteiger partial charge in [-0.15, -0.1) is 16.8 Å². The van der Waals surface area contributed by atoms with E-state index in [9.17, 15) is 0 Å². The first-order valence-electron chi connectivity index (χ1n) is 9.14. The number of nitrogens with zero attached hydrogens (tertiary/aromatic N) is 6. The predicted octanol–water partition coefficient (Wildman–Crippen LogP) is 3.45. The summed E-state index contributed by atoms with van der Waals surface area (Å²) in [5.74, 6) is 3.31. The molecule has 9 heteroatoms. The molecule has 8 nitrogen and oxygen atoms in total. The molecule has 1 saturated carbocycles. The van der Waals surface area contributed by atoms with Crippen molar-refractivity contribution in [3.05, 3.63) is 54.1 Å². The summed E-state index contributed by atoms with van der Waals surface area (Å²) < 4.78 is 2.12. The molecule has 144 valence electrons. The molecule has 0 atom stereocenters. The van der Waals surface area contributed by atoms with Crippen molar-refractivity contribution in [1.82, 2.24) is 29.7 Å². The quantitative estimate of drug-likeness (QED) is 0.442. The fourth-order valence-corrected chi connectivity index (χ4v) is 3.68. The van der Waals surface area contributed by atoms with Gasteiger partial charge in [0.25, 0.3) is 0 Å². The molecule has 2 aromatic heterocycles. The fraction of sp³-hybridized carbons (Fsp3) is 0.316. The first-order chi connectivity index (χ1) is 13.6. The predicted molar refractivity (Wildman–Crippen MR) is 110 cm³/mol. The maximum Gasteiger partial charge on any atom is 0.232 e. The number of aryl methyl sites for hydroxylation is 1. The maximum atomic E-state index is 5.89. The second kappa shape index (κ2) is 7.97. The Hall–Kier alpha value is -2.94. The van der Waals surface area contributed by atoms with Gasteiger partial charge in [-0.05, 0) is 31.4 Å². The van der Waals surface area contributed by atoms with Crippen molar-refractivity contribution >= 4 is 29.3 Å². The Bertz CT molecular complexity index is 995. The molecular weight excluding hydrogens is 372 g/mol. The molecule has 4 rings (SSSR count). The van der Waals surface area contributed by atoms with Crippen LogP contribution in [0, 0.1) is 6.92 Å². The molecule has 0 saturated heterocycles. The number of allylic oxidation sites excluding steroid dienone is 1. The number of rotatable bonds is 8. The summed E-state index contributed by atoms with van der Waals surface area (Å²) in [6, 6.07) is 7.94. The lowest BCUT2D eigenvalue weighted by atomic mass is 10.2. The monoisotopic (exact) mass is 394 g/mol. The lowest BCUT2D eigenvalue weighted by Gasteiger charge is -2.10. The Kier molecular flexibility index (Phi) is 5.25. The normalized spacial score (nSPS) is 13.5. The van der Waals surface area contributed by atoms with Gasteiger partial charge in [0.15, 0.2) is 5.16 Å². The van der Waals surface area contributed by atoms with E-state index in [1.54, 1.807) is 0 Å². The van der Waals surface area contributed by atoms with Crippen molar-refractivity contribution in [3.8, 4) is 0 Å². The van der Waals surface area contributed by atoms with Crippen LogP contribution >= 0.6 is 11.8 Å². The molecule has 2 heterocycles. The summed E-state index contributed by atoms with van der Waals surface area (Å²) in [4.78, 5) is 13.0. The number of anilines is 3. The van der Waals surface area contributed by atoms with Gasteiger partial charge in [-0.3, -0.25) is 0 Å². The largest absolute Gasteiger partial charge is 0.368 e. The zero-order valence-corrected chi connectivity index (χ0v) is 16.5. The number of nitrogens with two attached hydrogens (primary N) is 1. The highest BCUT2D eigenvalue weighted by molar-refractivity contribution is 7.98. The Balaban J connectivity index is 1.50. The molecule has 28 heavy (non-hydrogen) atoms. The first kappa shape index (κ1) is 18.4. The van der Waals surface area contributed by atoms with E-state index in [2.05, 4.69) is 41.6 Å². The van der Waals surface area contributed by atoms with Gasteiger partial charge in [0.2, 0.25) is 11.9 Å².